The molecule has 0 atom stereocenters. The largest absolute Gasteiger partial charge is 0.468 e. The Morgan fingerprint density at radius 1 is 1.00 bits per heavy atom. The van der Waals surface area contributed by atoms with Gasteiger partial charge in [-0.25, -0.2) is 0 Å². The Labute approximate surface area is 87.5 Å². The molecule has 7 heteroatoms. The molecule has 0 saturated heterocycles. The summed E-state index contributed by atoms with van der Waals surface area (Å²) in [5.74, 6) is -1.26. The molecule has 0 spiro atoms. The maximum absolute atomic E-state index is 11.0. The zero-order chi connectivity index (χ0) is 11.7. The van der Waals surface area contributed by atoms with Crippen LogP contribution in [-0.2, 0) is 19.1 Å². The topological polar surface area (TPSA) is 96.5 Å². The van der Waals surface area contributed by atoms with Crippen LogP contribution >= 0.6 is 0 Å². The summed E-state index contributed by atoms with van der Waals surface area (Å²) in [5.41, 5.74) is 0. The first-order chi connectivity index (χ1) is 7.10. The van der Waals surface area contributed by atoms with Crippen LogP contribution in [0.1, 0.15) is 0 Å². The molecule has 3 N–H and O–H groups in total. The van der Waals surface area contributed by atoms with E-state index in [1.165, 1.54) is 7.11 Å². The summed E-state index contributed by atoms with van der Waals surface area (Å²) < 4.78 is 4.31. The Morgan fingerprint density at radius 3 is 2.07 bits per heavy atom. The average molecular weight is 217 g/mol. The van der Waals surface area contributed by atoms with Crippen molar-refractivity contribution in [3.05, 3.63) is 0 Å². The lowest BCUT2D eigenvalue weighted by Gasteiger charge is -2.05. The number of esters is 1. The van der Waals surface area contributed by atoms with Gasteiger partial charge in [0.05, 0.1) is 20.2 Å². The summed E-state index contributed by atoms with van der Waals surface area (Å²) in [6.45, 7) is -0.209. The van der Waals surface area contributed by atoms with Crippen molar-refractivity contribution < 1.29 is 19.1 Å². The minimum Gasteiger partial charge on any atom is -0.468 e. The second kappa shape index (κ2) is 7.74. The fourth-order valence-electron chi connectivity index (χ4n) is 0.707. The van der Waals surface area contributed by atoms with Gasteiger partial charge in [0.2, 0.25) is 11.8 Å². The quantitative estimate of drug-likeness (QED) is 0.431. The summed E-state index contributed by atoms with van der Waals surface area (Å²) in [7, 11) is 2.85. The molecule has 0 heterocycles. The van der Waals surface area contributed by atoms with Gasteiger partial charge in [0, 0.05) is 0 Å². The highest BCUT2D eigenvalue weighted by Crippen LogP contribution is 1.71. The molecule has 0 radical (unpaired) electrons. The van der Waals surface area contributed by atoms with Crippen LogP contribution < -0.4 is 16.0 Å². The second-order valence-electron chi connectivity index (χ2n) is 2.66. The minimum absolute atomic E-state index is 0.143. The Hall–Kier alpha value is -1.63. The summed E-state index contributed by atoms with van der Waals surface area (Å²) >= 11 is 0. The van der Waals surface area contributed by atoms with Crippen LogP contribution in [0.25, 0.3) is 0 Å². The van der Waals surface area contributed by atoms with E-state index in [1.807, 2.05) is 0 Å². The molecule has 0 aromatic rings. The number of carbonyl (C=O) groups is 3. The van der Waals surface area contributed by atoms with Gasteiger partial charge in [0.15, 0.2) is 0 Å². The van der Waals surface area contributed by atoms with E-state index < -0.39 is 11.9 Å². The van der Waals surface area contributed by atoms with Crippen LogP contribution in [0.4, 0.5) is 0 Å². The van der Waals surface area contributed by atoms with Crippen molar-refractivity contribution in [3.63, 3.8) is 0 Å². The van der Waals surface area contributed by atoms with Crippen LogP contribution in [0.2, 0.25) is 0 Å². The number of hydrogen-bond donors (Lipinski definition) is 3. The highest BCUT2D eigenvalue weighted by molar-refractivity contribution is 5.87. The van der Waals surface area contributed by atoms with Crippen LogP contribution in [0.15, 0.2) is 0 Å². The summed E-state index contributed by atoms with van der Waals surface area (Å²) in [5, 5.41) is 7.27. The highest BCUT2D eigenvalue weighted by Gasteiger charge is 2.06. The van der Waals surface area contributed by atoms with Crippen molar-refractivity contribution in [2.75, 3.05) is 33.8 Å². The number of carbonyl (C=O) groups excluding carboxylic acids is 3. The van der Waals surface area contributed by atoms with Gasteiger partial charge in [-0.2, -0.15) is 0 Å². The van der Waals surface area contributed by atoms with Gasteiger partial charge < -0.3 is 20.7 Å². The number of amides is 2. The van der Waals surface area contributed by atoms with E-state index in [0.717, 1.165) is 0 Å². The third-order valence-electron chi connectivity index (χ3n) is 1.44. The lowest BCUT2D eigenvalue weighted by molar-refractivity contribution is -0.141. The molecule has 0 rings (SSSR count). The molecule has 15 heavy (non-hydrogen) atoms. The molecule has 86 valence electrons. The van der Waals surface area contributed by atoms with Crippen molar-refractivity contribution in [3.8, 4) is 0 Å². The van der Waals surface area contributed by atoms with Gasteiger partial charge in [-0.15, -0.1) is 0 Å². The number of nitrogens with one attached hydrogen (secondary N) is 3. The van der Waals surface area contributed by atoms with Crippen LogP contribution in [0.3, 0.4) is 0 Å². The third kappa shape index (κ3) is 7.44. The maximum atomic E-state index is 11.0. The Morgan fingerprint density at radius 2 is 1.53 bits per heavy atom. The highest BCUT2D eigenvalue weighted by atomic mass is 16.5. The van der Waals surface area contributed by atoms with Gasteiger partial charge >= 0.3 is 5.97 Å². The van der Waals surface area contributed by atoms with E-state index in [-0.39, 0.29) is 25.5 Å². The molecule has 0 aliphatic rings. The predicted octanol–water partition coefficient (Wildman–Crippen LogP) is -2.39. The van der Waals surface area contributed by atoms with Crippen molar-refractivity contribution in [1.82, 2.24) is 16.0 Å². The standard InChI is InChI=1S/C8H15N3O4/c1-9-3-6(12)10-4-7(13)11-5-8(14)15-2/h9H,3-5H2,1-2H3,(H,10,12)(H,11,13). The van der Waals surface area contributed by atoms with Crippen LogP contribution in [-0.4, -0.2) is 51.6 Å². The lowest BCUT2D eigenvalue weighted by Crippen LogP contribution is -2.41. The van der Waals surface area contributed by atoms with Gasteiger partial charge in [-0.05, 0) is 7.05 Å². The fraction of sp³-hybridized carbons (Fsp3) is 0.625. The molecule has 0 unspecified atom stereocenters. The Bertz CT molecular complexity index is 242. The first-order valence-electron chi connectivity index (χ1n) is 4.35. The monoisotopic (exact) mass is 217 g/mol. The molecule has 0 bridgehead atoms. The number of rotatable bonds is 6. The van der Waals surface area contributed by atoms with Crippen molar-refractivity contribution >= 4 is 17.8 Å². The molecule has 0 aromatic heterocycles. The molecular formula is C8H15N3O4. The molecule has 0 fully saturated rings. The van der Waals surface area contributed by atoms with Crippen LogP contribution in [0, 0.1) is 0 Å². The maximum Gasteiger partial charge on any atom is 0.325 e. The van der Waals surface area contributed by atoms with Gasteiger partial charge in [0.1, 0.15) is 6.54 Å². The molecule has 7 nitrogen and oxygen atoms in total. The zero-order valence-corrected chi connectivity index (χ0v) is 8.75. The minimum atomic E-state index is -0.537. The first kappa shape index (κ1) is 13.4. The van der Waals surface area contributed by atoms with E-state index in [2.05, 4.69) is 20.7 Å². The van der Waals surface area contributed by atoms with E-state index in [1.54, 1.807) is 7.05 Å². The van der Waals surface area contributed by atoms with Gasteiger partial charge in [-0.3, -0.25) is 14.4 Å². The van der Waals surface area contributed by atoms with E-state index in [9.17, 15) is 14.4 Å². The molecule has 0 aromatic carbocycles. The zero-order valence-electron chi connectivity index (χ0n) is 8.75. The van der Waals surface area contributed by atoms with Crippen molar-refractivity contribution in [1.29, 1.82) is 0 Å². The van der Waals surface area contributed by atoms with Crippen molar-refractivity contribution in [2.24, 2.45) is 0 Å². The number of methoxy groups -OCH3 is 1. The van der Waals surface area contributed by atoms with E-state index >= 15 is 0 Å². The number of hydrogen-bond acceptors (Lipinski definition) is 5. The fourth-order valence-corrected chi connectivity index (χ4v) is 0.707. The van der Waals surface area contributed by atoms with Crippen LogP contribution in [0.5, 0.6) is 0 Å². The Balaban J connectivity index is 3.57. The molecule has 2 amide bonds. The van der Waals surface area contributed by atoms with E-state index in [0.29, 0.717) is 0 Å². The molecule has 0 aliphatic heterocycles. The average Bonchev–Trinajstić information content (AvgIpc) is 2.23. The second-order valence-corrected chi connectivity index (χ2v) is 2.66. The molecular weight excluding hydrogens is 202 g/mol. The van der Waals surface area contributed by atoms with E-state index in [4.69, 9.17) is 0 Å². The lowest BCUT2D eigenvalue weighted by atomic mass is 10.5. The first-order valence-corrected chi connectivity index (χ1v) is 4.35. The number of ether oxygens (including phenoxy) is 1. The smallest absolute Gasteiger partial charge is 0.325 e. The van der Waals surface area contributed by atoms with Gasteiger partial charge in [0.25, 0.3) is 0 Å². The number of likely N-dealkylation sites (N-methyl/N-ethyl adjacent to an activating group) is 1. The summed E-state index contributed by atoms with van der Waals surface area (Å²) in [6, 6.07) is 0. The Kier molecular flexibility index (Phi) is 6.90. The molecule has 0 saturated carbocycles. The van der Waals surface area contributed by atoms with Crippen molar-refractivity contribution in [2.45, 2.75) is 0 Å². The SMILES string of the molecule is CNCC(=O)NCC(=O)NCC(=O)OC. The predicted molar refractivity (Wildman–Crippen MR) is 52.0 cm³/mol. The van der Waals surface area contributed by atoms with Gasteiger partial charge in [-0.1, -0.05) is 0 Å². The summed E-state index contributed by atoms with van der Waals surface area (Å²) in [6.07, 6.45) is 0. The molecule has 0 aliphatic carbocycles. The normalized spacial score (nSPS) is 9.20. The third-order valence-corrected chi connectivity index (χ3v) is 1.44. The summed E-state index contributed by atoms with van der Waals surface area (Å²) in [4.78, 5) is 32.5.